The number of aliphatic hydroxyl groups is 1. The van der Waals surface area contributed by atoms with Gasteiger partial charge < -0.3 is 5.11 Å². The lowest BCUT2D eigenvalue weighted by Gasteiger charge is -2.34. The molecule has 1 saturated heterocycles. The Morgan fingerprint density at radius 2 is 1.96 bits per heavy atom. The van der Waals surface area contributed by atoms with Gasteiger partial charge in [0.05, 0.1) is 12.1 Å². The van der Waals surface area contributed by atoms with Gasteiger partial charge in [-0.15, -0.1) is 0 Å². The monoisotopic (exact) mass is 339 g/mol. The first-order valence-electron chi connectivity index (χ1n) is 8.01. The molecule has 1 N–H and O–H groups in total. The molecule has 1 unspecified atom stereocenters. The number of rotatable bonds is 4. The van der Waals surface area contributed by atoms with Crippen molar-refractivity contribution in [2.45, 2.75) is 31.2 Å². The molecule has 0 bridgehead atoms. The van der Waals surface area contributed by atoms with Crippen molar-refractivity contribution in [2.24, 2.45) is 0 Å². The Hall–Kier alpha value is -1.86. The van der Waals surface area contributed by atoms with Crippen LogP contribution in [0.4, 0.5) is 13.2 Å². The van der Waals surface area contributed by atoms with Gasteiger partial charge in [0.2, 0.25) is 0 Å². The summed E-state index contributed by atoms with van der Waals surface area (Å²) in [4.78, 5) is 2.08. The third kappa shape index (κ3) is 3.96. The Bertz CT molecular complexity index is 657. The maximum Gasteiger partial charge on any atom is 0.435 e. The van der Waals surface area contributed by atoms with Gasteiger partial charge >= 0.3 is 6.18 Å². The van der Waals surface area contributed by atoms with Crippen LogP contribution in [0.5, 0.6) is 0 Å². The zero-order valence-electron chi connectivity index (χ0n) is 13.2. The van der Waals surface area contributed by atoms with E-state index in [0.29, 0.717) is 13.1 Å². The SMILES string of the molecule is O[C@H](CN1CCCC(n2ccc(C(F)(F)F)n2)C1)c1ccccc1. The highest BCUT2D eigenvalue weighted by molar-refractivity contribution is 5.17. The van der Waals surface area contributed by atoms with Crippen LogP contribution in [0.15, 0.2) is 42.6 Å². The van der Waals surface area contributed by atoms with Crippen LogP contribution in [0.25, 0.3) is 0 Å². The molecule has 7 heteroatoms. The van der Waals surface area contributed by atoms with Crippen LogP contribution >= 0.6 is 0 Å². The van der Waals surface area contributed by atoms with Gasteiger partial charge in [-0.05, 0) is 31.0 Å². The van der Waals surface area contributed by atoms with E-state index in [-0.39, 0.29) is 6.04 Å². The first-order chi connectivity index (χ1) is 11.4. The van der Waals surface area contributed by atoms with E-state index in [0.717, 1.165) is 31.0 Å². The zero-order chi connectivity index (χ0) is 17.2. The number of likely N-dealkylation sites (tertiary alicyclic amines) is 1. The fraction of sp³-hybridized carbons (Fsp3) is 0.471. The van der Waals surface area contributed by atoms with Crippen LogP contribution < -0.4 is 0 Å². The van der Waals surface area contributed by atoms with Gasteiger partial charge in [-0.2, -0.15) is 18.3 Å². The fourth-order valence-electron chi connectivity index (χ4n) is 3.13. The van der Waals surface area contributed by atoms with Crippen molar-refractivity contribution in [2.75, 3.05) is 19.6 Å². The predicted octanol–water partition coefficient (Wildman–Crippen LogP) is 3.27. The maximum atomic E-state index is 12.7. The molecule has 0 spiro atoms. The number of hydrogen-bond donors (Lipinski definition) is 1. The highest BCUT2D eigenvalue weighted by Crippen LogP contribution is 2.29. The van der Waals surface area contributed by atoms with E-state index in [9.17, 15) is 18.3 Å². The number of aromatic nitrogens is 2. The van der Waals surface area contributed by atoms with Gasteiger partial charge in [0.15, 0.2) is 5.69 Å². The van der Waals surface area contributed by atoms with E-state index >= 15 is 0 Å². The van der Waals surface area contributed by atoms with Gasteiger partial charge in [-0.3, -0.25) is 9.58 Å². The van der Waals surface area contributed by atoms with Crippen LogP contribution in [0.2, 0.25) is 0 Å². The van der Waals surface area contributed by atoms with E-state index in [1.165, 1.54) is 10.9 Å². The number of hydrogen-bond acceptors (Lipinski definition) is 3. The van der Waals surface area contributed by atoms with Crippen molar-refractivity contribution in [1.29, 1.82) is 0 Å². The Morgan fingerprint density at radius 3 is 2.62 bits per heavy atom. The molecule has 4 nitrogen and oxygen atoms in total. The van der Waals surface area contributed by atoms with Crippen LogP contribution in [-0.2, 0) is 6.18 Å². The topological polar surface area (TPSA) is 41.3 Å². The minimum Gasteiger partial charge on any atom is -0.387 e. The second-order valence-corrected chi connectivity index (χ2v) is 6.16. The quantitative estimate of drug-likeness (QED) is 0.929. The van der Waals surface area contributed by atoms with Crippen molar-refractivity contribution >= 4 is 0 Å². The molecule has 2 aromatic rings. The lowest BCUT2D eigenvalue weighted by Crippen LogP contribution is -2.39. The molecule has 1 aliphatic rings. The molecule has 130 valence electrons. The van der Waals surface area contributed by atoms with Crippen LogP contribution in [0, 0.1) is 0 Å². The van der Waals surface area contributed by atoms with E-state index < -0.39 is 18.0 Å². The molecule has 1 fully saturated rings. The van der Waals surface area contributed by atoms with E-state index in [4.69, 9.17) is 0 Å². The van der Waals surface area contributed by atoms with Gasteiger partial charge in [-0.1, -0.05) is 30.3 Å². The summed E-state index contributed by atoms with van der Waals surface area (Å²) >= 11 is 0. The number of halogens is 3. The standard InChI is InChI=1S/C17H20F3N3O/c18-17(19,20)16-8-10-23(21-16)14-7-4-9-22(11-14)12-15(24)13-5-2-1-3-6-13/h1-3,5-6,8,10,14-15,24H,4,7,9,11-12H2/t14?,15-/m1/s1. The van der Waals surface area contributed by atoms with E-state index in [2.05, 4.69) is 10.00 Å². The molecule has 1 aromatic carbocycles. The molecular weight excluding hydrogens is 319 g/mol. The Morgan fingerprint density at radius 1 is 1.21 bits per heavy atom. The van der Waals surface area contributed by atoms with Crippen molar-refractivity contribution in [1.82, 2.24) is 14.7 Å². The first-order valence-corrected chi connectivity index (χ1v) is 8.01. The fourth-order valence-corrected chi connectivity index (χ4v) is 3.13. The molecule has 2 atom stereocenters. The molecule has 1 aliphatic heterocycles. The normalized spacial score (nSPS) is 20.9. The minimum atomic E-state index is -4.41. The summed E-state index contributed by atoms with van der Waals surface area (Å²) in [5, 5.41) is 14.0. The lowest BCUT2D eigenvalue weighted by molar-refractivity contribution is -0.141. The smallest absolute Gasteiger partial charge is 0.387 e. The molecule has 1 aromatic heterocycles. The van der Waals surface area contributed by atoms with Gasteiger partial charge in [0, 0.05) is 19.3 Å². The van der Waals surface area contributed by atoms with Crippen LogP contribution in [0.1, 0.15) is 36.2 Å². The van der Waals surface area contributed by atoms with E-state index in [1.54, 1.807) is 0 Å². The second kappa shape index (κ2) is 6.94. The second-order valence-electron chi connectivity index (χ2n) is 6.16. The molecule has 2 heterocycles. The summed E-state index contributed by atoms with van der Waals surface area (Å²) in [5.41, 5.74) is -0.0120. The van der Waals surface area contributed by atoms with Crippen molar-refractivity contribution in [3.63, 3.8) is 0 Å². The molecule has 0 aliphatic carbocycles. The summed E-state index contributed by atoms with van der Waals surface area (Å²) in [6, 6.07) is 10.3. The van der Waals surface area contributed by atoms with Crippen molar-refractivity contribution in [3.05, 3.63) is 53.9 Å². The first kappa shape index (κ1) is 17.0. The summed E-state index contributed by atoms with van der Waals surface area (Å²) in [7, 11) is 0. The molecule has 0 amide bonds. The molecule has 0 saturated carbocycles. The predicted molar refractivity (Wildman–Crippen MR) is 83.3 cm³/mol. The molecular formula is C17H20F3N3O. The number of β-amino-alcohol motifs (C(OH)–C–C–N with tert-alkyl or cyclic N) is 1. The lowest BCUT2D eigenvalue weighted by atomic mass is 10.0. The summed E-state index contributed by atoms with van der Waals surface area (Å²) in [6.07, 6.45) is -1.97. The summed E-state index contributed by atoms with van der Waals surface area (Å²) in [6.45, 7) is 1.88. The van der Waals surface area contributed by atoms with E-state index in [1.807, 2.05) is 30.3 Å². The Balaban J connectivity index is 1.63. The average Bonchev–Trinajstić information content (AvgIpc) is 3.06. The zero-order valence-corrected chi connectivity index (χ0v) is 13.2. The van der Waals surface area contributed by atoms with Gasteiger partial charge in [0.1, 0.15) is 0 Å². The van der Waals surface area contributed by atoms with Crippen molar-refractivity contribution in [3.8, 4) is 0 Å². The third-order valence-electron chi connectivity index (χ3n) is 4.37. The largest absolute Gasteiger partial charge is 0.435 e. The number of piperidine rings is 1. The Kier molecular flexibility index (Phi) is 4.91. The minimum absolute atomic E-state index is 0.0992. The number of benzene rings is 1. The highest BCUT2D eigenvalue weighted by Gasteiger charge is 2.34. The van der Waals surface area contributed by atoms with Crippen molar-refractivity contribution < 1.29 is 18.3 Å². The average molecular weight is 339 g/mol. The molecule has 3 rings (SSSR count). The third-order valence-corrected chi connectivity index (χ3v) is 4.37. The van der Waals surface area contributed by atoms with Crippen LogP contribution in [0.3, 0.4) is 0 Å². The summed E-state index contributed by atoms with van der Waals surface area (Å²) in [5.74, 6) is 0. The number of alkyl halides is 3. The number of aliphatic hydroxyl groups excluding tert-OH is 1. The number of nitrogens with zero attached hydrogens (tertiary/aromatic N) is 3. The molecule has 0 radical (unpaired) electrons. The van der Waals surface area contributed by atoms with Crippen LogP contribution in [-0.4, -0.2) is 39.4 Å². The maximum absolute atomic E-state index is 12.7. The Labute approximate surface area is 138 Å². The summed E-state index contributed by atoms with van der Waals surface area (Å²) < 4.78 is 39.5. The highest BCUT2D eigenvalue weighted by atomic mass is 19.4. The molecule has 24 heavy (non-hydrogen) atoms. The van der Waals surface area contributed by atoms with Gasteiger partial charge in [0.25, 0.3) is 0 Å². The van der Waals surface area contributed by atoms with Gasteiger partial charge in [-0.25, -0.2) is 0 Å².